The molecule has 3 heterocycles. The Balaban J connectivity index is 1.58. The Hall–Kier alpha value is -1.74. The van der Waals surface area contributed by atoms with Crippen LogP contribution in [0.1, 0.15) is 25.2 Å². The van der Waals surface area contributed by atoms with Crippen molar-refractivity contribution in [1.29, 1.82) is 0 Å². The lowest BCUT2D eigenvalue weighted by atomic mass is 10.1. The molecule has 24 heavy (non-hydrogen) atoms. The maximum atomic E-state index is 12.9. The van der Waals surface area contributed by atoms with Gasteiger partial charge in [-0.05, 0) is 12.8 Å². The molecular weight excluding hydrogens is 320 g/mol. The third kappa shape index (κ3) is 3.84. The molecule has 0 radical (unpaired) electrons. The van der Waals surface area contributed by atoms with Crippen LogP contribution < -0.4 is 5.32 Å². The second-order valence-corrected chi connectivity index (χ2v) is 5.84. The number of morpholine rings is 1. The molecule has 0 saturated carbocycles. The van der Waals surface area contributed by atoms with Crippen molar-refractivity contribution >= 4 is 5.96 Å². The van der Waals surface area contributed by atoms with Crippen molar-refractivity contribution in [3.8, 4) is 0 Å². The Kier molecular flexibility index (Phi) is 5.62. The van der Waals surface area contributed by atoms with E-state index in [1.54, 1.807) is 7.05 Å². The summed E-state index contributed by atoms with van der Waals surface area (Å²) >= 11 is 0. The highest BCUT2D eigenvalue weighted by atomic mass is 19.3. The molecule has 2 aliphatic rings. The van der Waals surface area contributed by atoms with Crippen molar-refractivity contribution < 1.29 is 18.3 Å². The van der Waals surface area contributed by atoms with Crippen LogP contribution in [0.25, 0.3) is 0 Å². The summed E-state index contributed by atoms with van der Waals surface area (Å²) in [7, 11) is 1.68. The van der Waals surface area contributed by atoms with Gasteiger partial charge in [-0.1, -0.05) is 0 Å². The number of aliphatic imine (C=N–C) groups is 1. The third-order valence-corrected chi connectivity index (χ3v) is 4.35. The van der Waals surface area contributed by atoms with Gasteiger partial charge in [0.1, 0.15) is 11.9 Å². The minimum atomic E-state index is -2.60. The lowest BCUT2D eigenvalue weighted by Crippen LogP contribution is -2.53. The Morgan fingerprint density at radius 2 is 2.25 bits per heavy atom. The van der Waals surface area contributed by atoms with Gasteiger partial charge in [0.05, 0.1) is 19.3 Å². The first-order valence-electron chi connectivity index (χ1n) is 8.17. The highest BCUT2D eigenvalue weighted by Gasteiger charge is 2.32. The van der Waals surface area contributed by atoms with E-state index >= 15 is 0 Å². The fourth-order valence-corrected chi connectivity index (χ4v) is 3.14. The van der Waals surface area contributed by atoms with Crippen molar-refractivity contribution in [1.82, 2.24) is 19.8 Å². The maximum absolute atomic E-state index is 12.9. The molecule has 1 aromatic heterocycles. The molecule has 1 aromatic rings. The summed E-state index contributed by atoms with van der Waals surface area (Å²) < 4.78 is 38.1. The molecule has 0 bridgehead atoms. The van der Waals surface area contributed by atoms with Crippen molar-refractivity contribution in [2.24, 2.45) is 4.99 Å². The van der Waals surface area contributed by atoms with E-state index in [4.69, 9.17) is 9.47 Å². The van der Waals surface area contributed by atoms with Crippen LogP contribution in [-0.2, 0) is 16.0 Å². The smallest absolute Gasteiger partial charge is 0.319 e. The third-order valence-electron chi connectivity index (χ3n) is 4.35. The molecule has 0 aromatic carbocycles. The first-order valence-corrected chi connectivity index (χ1v) is 8.17. The van der Waals surface area contributed by atoms with Gasteiger partial charge in [-0.2, -0.15) is 8.78 Å². The van der Waals surface area contributed by atoms with E-state index in [0.717, 1.165) is 24.0 Å². The van der Waals surface area contributed by atoms with Gasteiger partial charge in [0.2, 0.25) is 0 Å². The molecule has 0 spiro atoms. The van der Waals surface area contributed by atoms with Gasteiger partial charge in [-0.25, -0.2) is 4.98 Å². The molecule has 7 nitrogen and oxygen atoms in total. The summed E-state index contributed by atoms with van der Waals surface area (Å²) in [5.41, 5.74) is 0. The van der Waals surface area contributed by atoms with E-state index in [2.05, 4.69) is 20.2 Å². The highest BCUT2D eigenvalue weighted by Crippen LogP contribution is 2.21. The maximum Gasteiger partial charge on any atom is 0.319 e. The fourth-order valence-electron chi connectivity index (χ4n) is 3.14. The quantitative estimate of drug-likeness (QED) is 0.658. The molecular formula is C15H23F2N5O2. The van der Waals surface area contributed by atoms with Crippen LogP contribution in [0.15, 0.2) is 17.4 Å². The minimum Gasteiger partial charge on any atom is -0.375 e. The van der Waals surface area contributed by atoms with Crippen LogP contribution >= 0.6 is 0 Å². The highest BCUT2D eigenvalue weighted by molar-refractivity contribution is 5.79. The zero-order valence-electron chi connectivity index (χ0n) is 13.7. The minimum absolute atomic E-state index is 0.0165. The molecule has 3 rings (SSSR count). The van der Waals surface area contributed by atoms with Gasteiger partial charge in [0.25, 0.3) is 0 Å². The number of hydrogen-bond donors (Lipinski definition) is 1. The number of halogens is 2. The second-order valence-electron chi connectivity index (χ2n) is 5.84. The zero-order chi connectivity index (χ0) is 16.9. The van der Waals surface area contributed by atoms with Gasteiger partial charge >= 0.3 is 6.55 Å². The van der Waals surface area contributed by atoms with Crippen molar-refractivity contribution in [3.63, 3.8) is 0 Å². The summed E-state index contributed by atoms with van der Waals surface area (Å²) in [6.07, 6.45) is 4.86. The van der Waals surface area contributed by atoms with E-state index in [9.17, 15) is 8.78 Å². The number of rotatable bonds is 4. The van der Waals surface area contributed by atoms with E-state index in [1.807, 2.05) is 0 Å². The van der Waals surface area contributed by atoms with Crippen molar-refractivity contribution in [2.45, 2.75) is 38.1 Å². The van der Waals surface area contributed by atoms with Gasteiger partial charge in [-0.3, -0.25) is 9.56 Å². The van der Waals surface area contributed by atoms with Crippen LogP contribution in [0.5, 0.6) is 0 Å². The number of aromatic nitrogens is 2. The Morgan fingerprint density at radius 1 is 1.42 bits per heavy atom. The van der Waals surface area contributed by atoms with Crippen molar-refractivity contribution in [2.75, 3.05) is 33.4 Å². The molecule has 2 saturated heterocycles. The second kappa shape index (κ2) is 7.89. The Labute approximate surface area is 139 Å². The first kappa shape index (κ1) is 17.1. The van der Waals surface area contributed by atoms with E-state index in [1.165, 1.54) is 12.4 Å². The Bertz CT molecular complexity index is 560. The normalized spacial score (nSPS) is 25.5. The number of nitrogens with zero attached hydrogens (tertiary/aromatic N) is 4. The molecule has 134 valence electrons. The molecule has 9 heteroatoms. The molecule has 2 unspecified atom stereocenters. The number of alkyl halides is 2. The summed E-state index contributed by atoms with van der Waals surface area (Å²) in [5.74, 6) is 0.931. The SMILES string of the molecule is CN=C(NCc1nccn1C(F)F)N1CCOC(C2CCCO2)C1. The predicted molar refractivity (Wildman–Crippen MR) is 84.0 cm³/mol. The monoisotopic (exact) mass is 343 g/mol. The predicted octanol–water partition coefficient (Wildman–Crippen LogP) is 1.23. The number of nitrogens with one attached hydrogen (secondary N) is 1. The number of hydrogen-bond acceptors (Lipinski definition) is 4. The average Bonchev–Trinajstić information content (AvgIpc) is 3.27. The van der Waals surface area contributed by atoms with Gasteiger partial charge in [0, 0.05) is 39.1 Å². The van der Waals surface area contributed by atoms with Gasteiger partial charge < -0.3 is 19.7 Å². The van der Waals surface area contributed by atoms with E-state index in [0.29, 0.717) is 25.7 Å². The number of imidazole rings is 1. The van der Waals surface area contributed by atoms with E-state index in [-0.39, 0.29) is 24.6 Å². The summed E-state index contributed by atoms with van der Waals surface area (Å²) in [6.45, 7) is 0.342. The van der Waals surface area contributed by atoms with Crippen LogP contribution in [-0.4, -0.2) is 66.0 Å². The van der Waals surface area contributed by atoms with Crippen molar-refractivity contribution in [3.05, 3.63) is 18.2 Å². The number of ether oxygens (including phenoxy) is 2. The summed E-state index contributed by atoms with van der Waals surface area (Å²) in [4.78, 5) is 10.3. The fraction of sp³-hybridized carbons (Fsp3) is 0.733. The molecule has 0 aliphatic carbocycles. The number of guanidine groups is 1. The molecule has 2 atom stereocenters. The first-order chi connectivity index (χ1) is 11.7. The summed E-state index contributed by atoms with van der Waals surface area (Å²) in [5, 5.41) is 3.11. The van der Waals surface area contributed by atoms with Gasteiger partial charge in [0.15, 0.2) is 5.96 Å². The molecule has 2 fully saturated rings. The van der Waals surface area contributed by atoms with Gasteiger partial charge in [-0.15, -0.1) is 0 Å². The standard InChI is InChI=1S/C15H23F2N5O2/c1-18-15(20-9-13-19-4-5-22(13)14(16)17)21-6-8-24-12(10-21)11-3-2-7-23-11/h4-5,11-12,14H,2-3,6-10H2,1H3,(H,18,20). The largest absolute Gasteiger partial charge is 0.375 e. The molecule has 0 amide bonds. The topological polar surface area (TPSA) is 63.9 Å². The lowest BCUT2D eigenvalue weighted by molar-refractivity contribution is -0.0817. The molecule has 2 aliphatic heterocycles. The Morgan fingerprint density at radius 3 is 2.96 bits per heavy atom. The molecule has 1 N–H and O–H groups in total. The zero-order valence-corrected chi connectivity index (χ0v) is 13.7. The average molecular weight is 343 g/mol. The van der Waals surface area contributed by atoms with Crippen LogP contribution in [0.2, 0.25) is 0 Å². The lowest BCUT2D eigenvalue weighted by Gasteiger charge is -2.37. The van der Waals surface area contributed by atoms with Crippen LogP contribution in [0.3, 0.4) is 0 Å². The van der Waals surface area contributed by atoms with Crippen LogP contribution in [0.4, 0.5) is 8.78 Å². The van der Waals surface area contributed by atoms with Crippen LogP contribution in [0, 0.1) is 0 Å². The summed E-state index contributed by atoms with van der Waals surface area (Å²) in [6, 6.07) is 0. The van der Waals surface area contributed by atoms with E-state index < -0.39 is 6.55 Å².